The molecular formula is C15H23N3O2. The van der Waals surface area contributed by atoms with E-state index in [0.29, 0.717) is 25.4 Å². The van der Waals surface area contributed by atoms with E-state index in [1.54, 1.807) is 6.07 Å². The van der Waals surface area contributed by atoms with Crippen LogP contribution in [0.1, 0.15) is 13.3 Å². The van der Waals surface area contributed by atoms with E-state index < -0.39 is 0 Å². The molecule has 1 aromatic rings. The molecule has 1 amide bonds. The topological polar surface area (TPSA) is 69.8 Å². The molecule has 1 saturated heterocycles. The van der Waals surface area contributed by atoms with Crippen LogP contribution >= 0.6 is 0 Å². The number of piperazine rings is 1. The second-order valence-corrected chi connectivity index (χ2v) is 5.28. The number of phenolic OH excluding ortho intramolecular Hbond substituents is 1. The summed E-state index contributed by atoms with van der Waals surface area (Å²) in [5, 5.41) is 9.86. The summed E-state index contributed by atoms with van der Waals surface area (Å²) in [6, 6.07) is 7.32. The van der Waals surface area contributed by atoms with Gasteiger partial charge in [0.05, 0.1) is 5.69 Å². The van der Waals surface area contributed by atoms with Crippen LogP contribution in [0.2, 0.25) is 0 Å². The van der Waals surface area contributed by atoms with Gasteiger partial charge in [-0.2, -0.15) is 0 Å². The minimum Gasteiger partial charge on any atom is -0.506 e. The molecular weight excluding hydrogens is 254 g/mol. The average molecular weight is 277 g/mol. The number of phenols is 1. The number of carbonyl (C=O) groups excluding carboxylic acids is 1. The Balaban J connectivity index is 1.93. The van der Waals surface area contributed by atoms with Crippen LogP contribution in [-0.2, 0) is 4.79 Å². The SMILES string of the molecule is CC(CCN)C(=O)N1CCN(c2ccccc2O)CC1. The number of benzene rings is 1. The molecule has 1 aliphatic heterocycles. The minimum absolute atomic E-state index is 0.00308. The van der Waals surface area contributed by atoms with Crippen LogP contribution in [0.15, 0.2) is 24.3 Å². The van der Waals surface area contributed by atoms with Gasteiger partial charge in [0.2, 0.25) is 5.91 Å². The van der Waals surface area contributed by atoms with Crippen molar-refractivity contribution in [3.05, 3.63) is 24.3 Å². The van der Waals surface area contributed by atoms with Crippen LogP contribution < -0.4 is 10.6 Å². The number of amides is 1. The van der Waals surface area contributed by atoms with Crippen molar-refractivity contribution in [1.82, 2.24) is 4.90 Å². The molecule has 0 radical (unpaired) electrons. The molecule has 1 fully saturated rings. The predicted molar refractivity (Wildman–Crippen MR) is 79.7 cm³/mol. The van der Waals surface area contributed by atoms with Gasteiger partial charge in [0.15, 0.2) is 0 Å². The Kier molecular flexibility index (Phi) is 4.84. The molecule has 5 nitrogen and oxygen atoms in total. The van der Waals surface area contributed by atoms with Gasteiger partial charge in [-0.1, -0.05) is 19.1 Å². The van der Waals surface area contributed by atoms with E-state index in [2.05, 4.69) is 4.90 Å². The van der Waals surface area contributed by atoms with Gasteiger partial charge in [-0.15, -0.1) is 0 Å². The third-order valence-electron chi connectivity index (χ3n) is 3.84. The Morgan fingerprint density at radius 3 is 2.55 bits per heavy atom. The summed E-state index contributed by atoms with van der Waals surface area (Å²) in [5.41, 5.74) is 6.35. The van der Waals surface area contributed by atoms with E-state index in [9.17, 15) is 9.90 Å². The van der Waals surface area contributed by atoms with Crippen molar-refractivity contribution >= 4 is 11.6 Å². The molecule has 0 aromatic heterocycles. The van der Waals surface area contributed by atoms with Crippen LogP contribution in [0.4, 0.5) is 5.69 Å². The first kappa shape index (κ1) is 14.7. The Morgan fingerprint density at radius 2 is 1.95 bits per heavy atom. The number of para-hydroxylation sites is 2. The maximum atomic E-state index is 12.2. The highest BCUT2D eigenvalue weighted by molar-refractivity contribution is 5.78. The summed E-state index contributed by atoms with van der Waals surface area (Å²) in [6.07, 6.45) is 0.735. The van der Waals surface area contributed by atoms with Crippen molar-refractivity contribution in [2.45, 2.75) is 13.3 Å². The fraction of sp³-hybridized carbons (Fsp3) is 0.533. The fourth-order valence-electron chi connectivity index (χ4n) is 2.58. The summed E-state index contributed by atoms with van der Waals surface area (Å²) < 4.78 is 0. The average Bonchev–Trinajstić information content (AvgIpc) is 2.47. The lowest BCUT2D eigenvalue weighted by Gasteiger charge is -2.37. The van der Waals surface area contributed by atoms with Gasteiger partial charge in [-0.3, -0.25) is 4.79 Å². The maximum Gasteiger partial charge on any atom is 0.225 e. The minimum atomic E-state index is -0.00308. The first-order chi connectivity index (χ1) is 9.63. The van der Waals surface area contributed by atoms with Crippen LogP contribution in [0.25, 0.3) is 0 Å². The van der Waals surface area contributed by atoms with E-state index >= 15 is 0 Å². The molecule has 20 heavy (non-hydrogen) atoms. The van der Waals surface area contributed by atoms with Crippen molar-refractivity contribution in [2.75, 3.05) is 37.6 Å². The highest BCUT2D eigenvalue weighted by atomic mass is 16.3. The Bertz CT molecular complexity index is 456. The maximum absolute atomic E-state index is 12.2. The first-order valence-corrected chi connectivity index (χ1v) is 7.15. The number of hydrogen-bond donors (Lipinski definition) is 2. The summed E-state index contributed by atoms with van der Waals surface area (Å²) in [6.45, 7) is 5.37. The molecule has 1 aliphatic rings. The van der Waals surface area contributed by atoms with Crippen molar-refractivity contribution in [1.29, 1.82) is 0 Å². The van der Waals surface area contributed by atoms with Crippen LogP contribution in [0, 0.1) is 5.92 Å². The number of rotatable bonds is 4. The number of nitrogens with zero attached hydrogens (tertiary/aromatic N) is 2. The smallest absolute Gasteiger partial charge is 0.225 e. The van der Waals surface area contributed by atoms with Gasteiger partial charge in [0.25, 0.3) is 0 Å². The highest BCUT2D eigenvalue weighted by Gasteiger charge is 2.25. The molecule has 1 unspecified atom stereocenters. The molecule has 110 valence electrons. The van der Waals surface area contributed by atoms with E-state index in [4.69, 9.17) is 5.73 Å². The third-order valence-corrected chi connectivity index (χ3v) is 3.84. The molecule has 0 aliphatic carbocycles. The van der Waals surface area contributed by atoms with Gasteiger partial charge in [0.1, 0.15) is 5.75 Å². The molecule has 1 heterocycles. The summed E-state index contributed by atoms with van der Waals surface area (Å²) in [4.78, 5) is 16.2. The van der Waals surface area contributed by atoms with E-state index in [1.807, 2.05) is 30.0 Å². The van der Waals surface area contributed by atoms with Gasteiger partial charge < -0.3 is 20.6 Å². The lowest BCUT2D eigenvalue weighted by molar-refractivity contribution is -0.135. The highest BCUT2D eigenvalue weighted by Crippen LogP contribution is 2.27. The Labute approximate surface area is 120 Å². The lowest BCUT2D eigenvalue weighted by atomic mass is 10.1. The molecule has 1 aromatic carbocycles. The summed E-state index contributed by atoms with van der Waals surface area (Å²) in [7, 11) is 0. The molecule has 0 spiro atoms. The standard InChI is InChI=1S/C15H23N3O2/c1-12(6-7-16)15(20)18-10-8-17(9-11-18)13-4-2-3-5-14(13)19/h2-5,12,19H,6-11,16H2,1H3. The molecule has 1 atom stereocenters. The van der Waals surface area contributed by atoms with Crippen LogP contribution in [0.5, 0.6) is 5.75 Å². The Hall–Kier alpha value is -1.75. The zero-order valence-corrected chi connectivity index (χ0v) is 12.0. The zero-order valence-electron chi connectivity index (χ0n) is 12.0. The fourth-order valence-corrected chi connectivity index (χ4v) is 2.58. The molecule has 2 rings (SSSR count). The Morgan fingerprint density at radius 1 is 1.30 bits per heavy atom. The van der Waals surface area contributed by atoms with Gasteiger partial charge in [0, 0.05) is 32.1 Å². The number of aromatic hydroxyl groups is 1. The predicted octanol–water partition coefficient (Wildman–Crippen LogP) is 1.03. The monoisotopic (exact) mass is 277 g/mol. The van der Waals surface area contributed by atoms with E-state index in [0.717, 1.165) is 25.2 Å². The molecule has 3 N–H and O–H groups in total. The lowest BCUT2D eigenvalue weighted by Crippen LogP contribution is -2.50. The van der Waals surface area contributed by atoms with E-state index in [1.165, 1.54) is 0 Å². The van der Waals surface area contributed by atoms with Crippen LogP contribution in [-0.4, -0.2) is 48.6 Å². The quantitative estimate of drug-likeness (QED) is 0.862. The summed E-state index contributed by atoms with van der Waals surface area (Å²) >= 11 is 0. The van der Waals surface area contributed by atoms with Crippen LogP contribution in [0.3, 0.4) is 0 Å². The number of carbonyl (C=O) groups is 1. The zero-order chi connectivity index (χ0) is 14.5. The van der Waals surface area contributed by atoms with Gasteiger partial charge in [-0.05, 0) is 25.1 Å². The van der Waals surface area contributed by atoms with E-state index in [-0.39, 0.29) is 11.8 Å². The number of hydrogen-bond acceptors (Lipinski definition) is 4. The number of anilines is 1. The summed E-state index contributed by atoms with van der Waals surface area (Å²) in [5.74, 6) is 0.479. The third kappa shape index (κ3) is 3.22. The first-order valence-electron chi connectivity index (χ1n) is 7.15. The van der Waals surface area contributed by atoms with Gasteiger partial charge >= 0.3 is 0 Å². The van der Waals surface area contributed by atoms with Gasteiger partial charge in [-0.25, -0.2) is 0 Å². The van der Waals surface area contributed by atoms with Crippen molar-refractivity contribution in [3.8, 4) is 5.75 Å². The molecule has 0 bridgehead atoms. The normalized spacial score (nSPS) is 17.1. The van der Waals surface area contributed by atoms with Crippen molar-refractivity contribution in [3.63, 3.8) is 0 Å². The molecule has 0 saturated carbocycles. The largest absolute Gasteiger partial charge is 0.506 e. The molecule has 5 heteroatoms. The number of nitrogens with two attached hydrogens (primary N) is 1. The second-order valence-electron chi connectivity index (χ2n) is 5.28. The second kappa shape index (κ2) is 6.61. The van der Waals surface area contributed by atoms with Crippen molar-refractivity contribution in [2.24, 2.45) is 11.7 Å². The van der Waals surface area contributed by atoms with Crippen molar-refractivity contribution < 1.29 is 9.90 Å².